The highest BCUT2D eigenvalue weighted by atomic mass is 32.1. The Balaban J connectivity index is 1.94. The summed E-state index contributed by atoms with van der Waals surface area (Å²) in [6, 6.07) is 19.9. The van der Waals surface area contributed by atoms with Crippen molar-refractivity contribution in [2.24, 2.45) is 5.73 Å². The van der Waals surface area contributed by atoms with Gasteiger partial charge in [-0.05, 0) is 41.5 Å². The molecule has 1 aromatic heterocycles. The van der Waals surface area contributed by atoms with E-state index in [1.54, 1.807) is 6.08 Å². The van der Waals surface area contributed by atoms with Gasteiger partial charge in [-0.1, -0.05) is 24.3 Å². The Kier molecular flexibility index (Phi) is 6.02. The van der Waals surface area contributed by atoms with Crippen LogP contribution in [0.1, 0.15) is 17.0 Å². The summed E-state index contributed by atoms with van der Waals surface area (Å²) in [5, 5.41) is 20.0. The van der Waals surface area contributed by atoms with Crippen LogP contribution in [0, 0.1) is 22.7 Å². The maximum atomic E-state index is 13.3. The zero-order valence-corrected chi connectivity index (χ0v) is 20.2. The minimum Gasteiger partial charge on any atom is -0.384 e. The van der Waals surface area contributed by atoms with Crippen molar-refractivity contribution in [3.63, 3.8) is 0 Å². The molecule has 2 aromatic carbocycles. The number of hydrogen-bond acceptors (Lipinski definition) is 7. The summed E-state index contributed by atoms with van der Waals surface area (Å²) in [6.45, 7) is 0. The summed E-state index contributed by atoms with van der Waals surface area (Å²) < 4.78 is 2.21. The molecule has 0 fully saturated rings. The first-order chi connectivity index (χ1) is 16.3. The van der Waals surface area contributed by atoms with E-state index in [0.29, 0.717) is 14.8 Å². The third kappa shape index (κ3) is 3.85. The van der Waals surface area contributed by atoms with Gasteiger partial charge in [0.25, 0.3) is 5.56 Å². The van der Waals surface area contributed by atoms with Crippen molar-refractivity contribution >= 4 is 40.2 Å². The van der Waals surface area contributed by atoms with Crippen LogP contribution >= 0.6 is 11.3 Å². The molecule has 8 heteroatoms. The standard InChI is InChI=1S/C26H24N6OS/c1-30(2)18-9-5-16(6-10-18)13-22-25(33)32-24(29)20(14-27)23(21(15-28)26(32)34-22)17-7-11-19(12-8-17)31(3)4/h5-13,23H,29H2,1-4H3/b22-13-/t23-/m1/s1. The van der Waals surface area contributed by atoms with Gasteiger partial charge >= 0.3 is 0 Å². The Labute approximate surface area is 201 Å². The number of nitrogens with zero attached hydrogens (tertiary/aromatic N) is 5. The minimum absolute atomic E-state index is 0.0713. The van der Waals surface area contributed by atoms with Crippen LogP contribution in [0.3, 0.4) is 0 Å². The molecule has 1 atom stereocenters. The second kappa shape index (κ2) is 8.93. The summed E-state index contributed by atoms with van der Waals surface area (Å²) in [6.07, 6.45) is 1.78. The highest BCUT2D eigenvalue weighted by Crippen LogP contribution is 2.36. The number of fused-ring (bicyclic) bond motifs is 1. The number of nitrogens with two attached hydrogens (primary N) is 1. The van der Waals surface area contributed by atoms with E-state index in [1.807, 2.05) is 86.5 Å². The smallest absolute Gasteiger partial charge is 0.274 e. The second-order valence-corrected chi connectivity index (χ2v) is 9.43. The average molecular weight is 469 g/mol. The number of aromatic nitrogens is 1. The van der Waals surface area contributed by atoms with Gasteiger partial charge in [0, 0.05) is 39.6 Å². The third-order valence-corrected chi connectivity index (χ3v) is 6.95. The van der Waals surface area contributed by atoms with Crippen LogP contribution in [0.4, 0.5) is 11.4 Å². The molecule has 0 unspecified atom stereocenters. The molecule has 0 amide bonds. The quantitative estimate of drug-likeness (QED) is 0.628. The number of allylic oxidation sites excluding steroid dienone is 1. The van der Waals surface area contributed by atoms with Crippen molar-refractivity contribution in [2.75, 3.05) is 38.0 Å². The Hall–Kier alpha value is -4.27. The molecule has 0 spiro atoms. The molecule has 0 radical (unpaired) electrons. The highest BCUT2D eigenvalue weighted by molar-refractivity contribution is 7.07. The zero-order chi connectivity index (χ0) is 24.6. The van der Waals surface area contributed by atoms with Crippen molar-refractivity contribution in [1.82, 2.24) is 4.57 Å². The van der Waals surface area contributed by atoms with E-state index in [4.69, 9.17) is 5.73 Å². The van der Waals surface area contributed by atoms with Crippen LogP contribution in [-0.2, 0) is 0 Å². The number of benzene rings is 2. The van der Waals surface area contributed by atoms with E-state index in [-0.39, 0.29) is 17.0 Å². The molecule has 1 aliphatic rings. The van der Waals surface area contributed by atoms with E-state index in [1.165, 1.54) is 15.9 Å². The van der Waals surface area contributed by atoms with Gasteiger partial charge in [0.05, 0.1) is 33.7 Å². The summed E-state index contributed by atoms with van der Waals surface area (Å²) in [4.78, 5) is 17.2. The minimum atomic E-state index is -0.628. The van der Waals surface area contributed by atoms with Crippen LogP contribution < -0.4 is 30.3 Å². The fourth-order valence-electron chi connectivity index (χ4n) is 3.97. The molecule has 34 heavy (non-hydrogen) atoms. The normalized spacial score (nSPS) is 15.5. The van der Waals surface area contributed by atoms with Gasteiger partial charge in [-0.2, -0.15) is 10.5 Å². The number of nitriles is 2. The largest absolute Gasteiger partial charge is 0.384 e. The van der Waals surface area contributed by atoms with Crippen LogP contribution in [0.5, 0.6) is 0 Å². The molecule has 0 aliphatic carbocycles. The van der Waals surface area contributed by atoms with Crippen molar-refractivity contribution in [2.45, 2.75) is 5.92 Å². The number of hydrogen-bond donors (Lipinski definition) is 1. The zero-order valence-electron chi connectivity index (χ0n) is 19.4. The van der Waals surface area contributed by atoms with E-state index in [2.05, 4.69) is 12.1 Å². The van der Waals surface area contributed by atoms with Crippen LogP contribution in [0.2, 0.25) is 0 Å². The highest BCUT2D eigenvalue weighted by Gasteiger charge is 2.32. The summed E-state index contributed by atoms with van der Waals surface area (Å²) >= 11 is 1.22. The fourth-order valence-corrected chi connectivity index (χ4v) is 5.10. The van der Waals surface area contributed by atoms with E-state index in [0.717, 1.165) is 22.5 Å². The Morgan fingerprint density at radius 1 is 0.912 bits per heavy atom. The third-order valence-electron chi connectivity index (χ3n) is 5.84. The lowest BCUT2D eigenvalue weighted by Crippen LogP contribution is -2.38. The van der Waals surface area contributed by atoms with E-state index in [9.17, 15) is 15.3 Å². The van der Waals surface area contributed by atoms with Gasteiger partial charge in [0.2, 0.25) is 0 Å². The molecule has 2 heterocycles. The molecule has 0 saturated heterocycles. The van der Waals surface area contributed by atoms with Gasteiger partial charge in [-0.15, -0.1) is 11.3 Å². The van der Waals surface area contributed by atoms with Gasteiger partial charge < -0.3 is 15.5 Å². The van der Waals surface area contributed by atoms with Gasteiger partial charge in [0.1, 0.15) is 10.5 Å². The molecular formula is C26H24N6OS. The predicted molar refractivity (Wildman–Crippen MR) is 138 cm³/mol. The van der Waals surface area contributed by atoms with Gasteiger partial charge in [-0.25, -0.2) is 0 Å². The fraction of sp³-hybridized carbons (Fsp3) is 0.192. The molecular weight excluding hydrogens is 444 g/mol. The van der Waals surface area contributed by atoms with Crippen molar-refractivity contribution in [1.29, 1.82) is 10.5 Å². The molecule has 170 valence electrons. The molecule has 0 bridgehead atoms. The SMILES string of the molecule is CN(C)c1ccc(/C=c2\sc3n(c2=O)C(N)=C(C#N)[C@@H](c2ccc(N(C)C)cc2)C=3C#N)cc1. The lowest BCUT2D eigenvalue weighted by atomic mass is 9.84. The van der Waals surface area contributed by atoms with Crippen LogP contribution in [0.15, 0.2) is 58.9 Å². The second-order valence-electron chi connectivity index (χ2n) is 8.40. The maximum absolute atomic E-state index is 13.3. The average Bonchev–Trinajstić information content (AvgIpc) is 3.15. The number of anilines is 2. The van der Waals surface area contributed by atoms with Crippen LogP contribution in [0.25, 0.3) is 17.5 Å². The number of thiazole rings is 1. The monoisotopic (exact) mass is 468 g/mol. The Morgan fingerprint density at radius 2 is 1.44 bits per heavy atom. The first kappa shape index (κ1) is 22.9. The molecule has 1 aliphatic heterocycles. The predicted octanol–water partition coefficient (Wildman–Crippen LogP) is 1.99. The first-order valence-corrected chi connectivity index (χ1v) is 11.4. The summed E-state index contributed by atoms with van der Waals surface area (Å²) in [7, 11) is 7.81. The van der Waals surface area contributed by atoms with Crippen molar-refractivity contribution in [3.05, 3.63) is 84.8 Å². The maximum Gasteiger partial charge on any atom is 0.274 e. The van der Waals surface area contributed by atoms with Gasteiger partial charge in [0.15, 0.2) is 0 Å². The van der Waals surface area contributed by atoms with Crippen LogP contribution in [-0.4, -0.2) is 32.8 Å². The summed E-state index contributed by atoms with van der Waals surface area (Å²) in [5.41, 5.74) is 10.2. The lowest BCUT2D eigenvalue weighted by molar-refractivity contribution is 0.906. The topological polar surface area (TPSA) is 102 Å². The van der Waals surface area contributed by atoms with Gasteiger partial charge in [-0.3, -0.25) is 9.36 Å². The lowest BCUT2D eigenvalue weighted by Gasteiger charge is -2.23. The Morgan fingerprint density at radius 3 is 1.94 bits per heavy atom. The summed E-state index contributed by atoms with van der Waals surface area (Å²) in [5.74, 6) is -0.557. The number of rotatable bonds is 4. The molecule has 7 nitrogen and oxygen atoms in total. The molecule has 0 saturated carbocycles. The Bertz CT molecular complexity index is 1540. The first-order valence-electron chi connectivity index (χ1n) is 10.6. The molecule has 4 rings (SSSR count). The molecule has 2 N–H and O–H groups in total. The van der Waals surface area contributed by atoms with Crippen molar-refractivity contribution in [3.8, 4) is 12.1 Å². The van der Waals surface area contributed by atoms with E-state index < -0.39 is 5.92 Å². The van der Waals surface area contributed by atoms with E-state index >= 15 is 0 Å². The van der Waals surface area contributed by atoms with Crippen molar-refractivity contribution < 1.29 is 0 Å². The molecule has 3 aromatic rings.